The molecule has 0 unspecified atom stereocenters. The Morgan fingerprint density at radius 1 is 1.47 bits per heavy atom. The summed E-state index contributed by atoms with van der Waals surface area (Å²) in [5.41, 5.74) is 0.230. The molecule has 2 aromatic rings. The van der Waals surface area contributed by atoms with Gasteiger partial charge in [0.25, 0.3) is 5.56 Å². The predicted molar refractivity (Wildman–Crippen MR) is 58.2 cm³/mol. The SMILES string of the molecule is CC(C)n1cc2c(=O)n(C)c(Cl)nc2n1. The summed E-state index contributed by atoms with van der Waals surface area (Å²) in [6.07, 6.45) is 1.70. The van der Waals surface area contributed by atoms with Crippen molar-refractivity contribution in [1.82, 2.24) is 19.3 Å². The summed E-state index contributed by atoms with van der Waals surface area (Å²) in [6.45, 7) is 3.97. The quantitative estimate of drug-likeness (QED) is 0.690. The molecule has 0 amide bonds. The van der Waals surface area contributed by atoms with Crippen molar-refractivity contribution >= 4 is 22.6 Å². The first kappa shape index (κ1) is 10.2. The number of nitrogens with zero attached hydrogens (tertiary/aromatic N) is 4. The van der Waals surface area contributed by atoms with Crippen LogP contribution in [0.2, 0.25) is 5.28 Å². The van der Waals surface area contributed by atoms with E-state index in [2.05, 4.69) is 10.1 Å². The summed E-state index contributed by atoms with van der Waals surface area (Å²) in [5, 5.41) is 4.83. The van der Waals surface area contributed by atoms with Crippen LogP contribution in [0.15, 0.2) is 11.0 Å². The third-order valence-corrected chi connectivity index (χ3v) is 2.59. The molecule has 0 bridgehead atoms. The zero-order chi connectivity index (χ0) is 11.2. The maximum Gasteiger partial charge on any atom is 0.265 e. The Hall–Kier alpha value is -1.36. The van der Waals surface area contributed by atoms with Crippen molar-refractivity contribution in [3.8, 4) is 0 Å². The molecule has 2 rings (SSSR count). The molecule has 5 nitrogen and oxygen atoms in total. The van der Waals surface area contributed by atoms with Gasteiger partial charge in [0.05, 0.1) is 0 Å². The van der Waals surface area contributed by atoms with E-state index in [0.717, 1.165) is 0 Å². The first-order chi connectivity index (χ1) is 7.00. The van der Waals surface area contributed by atoms with Gasteiger partial charge < -0.3 is 0 Å². The van der Waals surface area contributed by atoms with Gasteiger partial charge in [-0.3, -0.25) is 14.0 Å². The molecule has 0 aliphatic carbocycles. The topological polar surface area (TPSA) is 52.7 Å². The highest BCUT2D eigenvalue weighted by Gasteiger charge is 2.11. The second kappa shape index (κ2) is 3.34. The zero-order valence-electron chi connectivity index (χ0n) is 8.73. The standard InChI is InChI=1S/C9H11ClN4O/c1-5(2)14-4-6-7(12-14)11-9(10)13(3)8(6)15/h4-5H,1-3H3. The zero-order valence-corrected chi connectivity index (χ0v) is 9.49. The second-order valence-corrected chi connectivity index (χ2v) is 4.02. The van der Waals surface area contributed by atoms with Gasteiger partial charge in [-0.1, -0.05) is 0 Å². The Bertz CT molecular complexity index is 569. The molecule has 2 heterocycles. The number of hydrogen-bond donors (Lipinski definition) is 0. The third-order valence-electron chi connectivity index (χ3n) is 2.25. The minimum absolute atomic E-state index is 0.154. The third kappa shape index (κ3) is 1.52. The van der Waals surface area contributed by atoms with Crippen molar-refractivity contribution < 1.29 is 0 Å². The molecule has 0 aromatic carbocycles. The Morgan fingerprint density at radius 2 is 2.13 bits per heavy atom. The Labute approximate surface area is 91.3 Å². The minimum Gasteiger partial charge on any atom is -0.286 e. The number of rotatable bonds is 1. The van der Waals surface area contributed by atoms with Crippen molar-refractivity contribution in [2.24, 2.45) is 7.05 Å². The van der Waals surface area contributed by atoms with E-state index in [-0.39, 0.29) is 16.9 Å². The van der Waals surface area contributed by atoms with E-state index < -0.39 is 0 Å². The maximum absolute atomic E-state index is 11.8. The molecule has 0 radical (unpaired) electrons. The fourth-order valence-corrected chi connectivity index (χ4v) is 1.46. The summed E-state index contributed by atoms with van der Waals surface area (Å²) < 4.78 is 3.01. The largest absolute Gasteiger partial charge is 0.286 e. The van der Waals surface area contributed by atoms with Gasteiger partial charge in [0, 0.05) is 19.3 Å². The molecule has 0 aliphatic heterocycles. The van der Waals surface area contributed by atoms with Crippen LogP contribution in [0.1, 0.15) is 19.9 Å². The number of aromatic nitrogens is 4. The van der Waals surface area contributed by atoms with Crippen LogP contribution in [-0.4, -0.2) is 19.3 Å². The van der Waals surface area contributed by atoms with Crippen molar-refractivity contribution in [3.05, 3.63) is 21.8 Å². The molecule has 0 aliphatic rings. The molecular weight excluding hydrogens is 216 g/mol. The smallest absolute Gasteiger partial charge is 0.265 e. The molecule has 2 aromatic heterocycles. The van der Waals surface area contributed by atoms with Gasteiger partial charge in [-0.05, 0) is 25.4 Å². The van der Waals surface area contributed by atoms with Gasteiger partial charge in [0.1, 0.15) is 5.39 Å². The predicted octanol–water partition coefficient (Wildman–Crippen LogP) is 1.36. The first-order valence-corrected chi connectivity index (χ1v) is 5.00. The van der Waals surface area contributed by atoms with Gasteiger partial charge in [-0.25, -0.2) is 0 Å². The van der Waals surface area contributed by atoms with Crippen LogP contribution in [0.5, 0.6) is 0 Å². The lowest BCUT2D eigenvalue weighted by atomic mass is 10.4. The fourth-order valence-electron chi connectivity index (χ4n) is 1.31. The van der Waals surface area contributed by atoms with Crippen molar-refractivity contribution in [2.75, 3.05) is 0 Å². The van der Waals surface area contributed by atoms with Crippen LogP contribution in [0, 0.1) is 0 Å². The van der Waals surface area contributed by atoms with Crippen molar-refractivity contribution in [2.45, 2.75) is 19.9 Å². The molecule has 0 N–H and O–H groups in total. The van der Waals surface area contributed by atoms with Crippen LogP contribution in [0.25, 0.3) is 11.0 Å². The summed E-state index contributed by atoms with van der Waals surface area (Å²) >= 11 is 5.78. The lowest BCUT2D eigenvalue weighted by molar-refractivity contribution is 0.536. The number of halogens is 1. The summed E-state index contributed by atoms with van der Waals surface area (Å²) in [5.74, 6) is 0. The van der Waals surface area contributed by atoms with Gasteiger partial charge >= 0.3 is 0 Å². The monoisotopic (exact) mass is 226 g/mol. The average Bonchev–Trinajstić information content (AvgIpc) is 2.58. The van der Waals surface area contributed by atoms with Gasteiger partial charge in [0.15, 0.2) is 5.65 Å². The molecule has 6 heteroatoms. The highest BCUT2D eigenvalue weighted by molar-refractivity contribution is 6.28. The number of fused-ring (bicyclic) bond motifs is 1. The van der Waals surface area contributed by atoms with E-state index >= 15 is 0 Å². The molecule has 0 atom stereocenters. The molecule has 0 fully saturated rings. The molecule has 15 heavy (non-hydrogen) atoms. The lowest BCUT2D eigenvalue weighted by Gasteiger charge is -2.01. The highest BCUT2D eigenvalue weighted by Crippen LogP contribution is 2.11. The molecule has 80 valence electrons. The van der Waals surface area contributed by atoms with Gasteiger partial charge in [-0.2, -0.15) is 10.1 Å². The summed E-state index contributed by atoms with van der Waals surface area (Å²) in [4.78, 5) is 15.8. The first-order valence-electron chi connectivity index (χ1n) is 4.62. The summed E-state index contributed by atoms with van der Waals surface area (Å²) in [7, 11) is 1.59. The maximum atomic E-state index is 11.8. The highest BCUT2D eigenvalue weighted by atomic mass is 35.5. The Kier molecular flexibility index (Phi) is 2.26. The van der Waals surface area contributed by atoms with E-state index in [1.807, 2.05) is 13.8 Å². The van der Waals surface area contributed by atoms with Crippen LogP contribution in [0.4, 0.5) is 0 Å². The van der Waals surface area contributed by atoms with Crippen LogP contribution >= 0.6 is 11.6 Å². The van der Waals surface area contributed by atoms with Gasteiger partial charge in [0.2, 0.25) is 5.28 Å². The second-order valence-electron chi connectivity index (χ2n) is 3.69. The minimum atomic E-state index is -0.170. The molecule has 0 saturated carbocycles. The lowest BCUT2D eigenvalue weighted by Crippen LogP contribution is -2.17. The van der Waals surface area contributed by atoms with E-state index in [1.54, 1.807) is 17.9 Å². The summed E-state index contributed by atoms with van der Waals surface area (Å²) in [6, 6.07) is 0.197. The fraction of sp³-hybridized carbons (Fsp3) is 0.444. The van der Waals surface area contributed by atoms with Crippen molar-refractivity contribution in [1.29, 1.82) is 0 Å². The van der Waals surface area contributed by atoms with E-state index in [0.29, 0.717) is 11.0 Å². The Balaban J connectivity index is 2.82. The van der Waals surface area contributed by atoms with Crippen LogP contribution < -0.4 is 5.56 Å². The molecular formula is C9H11ClN4O. The van der Waals surface area contributed by atoms with Gasteiger partial charge in [-0.15, -0.1) is 0 Å². The van der Waals surface area contributed by atoms with Crippen molar-refractivity contribution in [3.63, 3.8) is 0 Å². The molecule has 0 spiro atoms. The average molecular weight is 227 g/mol. The molecule has 0 saturated heterocycles. The van der Waals surface area contributed by atoms with Crippen LogP contribution in [-0.2, 0) is 7.05 Å². The number of hydrogen-bond acceptors (Lipinski definition) is 3. The Morgan fingerprint density at radius 3 is 2.73 bits per heavy atom. The van der Waals surface area contributed by atoms with E-state index in [4.69, 9.17) is 11.6 Å². The van der Waals surface area contributed by atoms with E-state index in [1.165, 1.54) is 4.57 Å². The van der Waals surface area contributed by atoms with E-state index in [9.17, 15) is 4.79 Å². The van der Waals surface area contributed by atoms with Crippen LogP contribution in [0.3, 0.4) is 0 Å². The normalized spacial score (nSPS) is 11.5.